The standard InChI is InChI=1S/C26H18BrFN2O2/c1-16-13-22(17(2)30(16)24-6-4-3-5-23(24)28)26(31)19(15-29)14-21-11-12-25(32-21)18-7-9-20(27)10-8-18/h3-14H,1-2H3/b19-14+. The molecule has 0 saturated heterocycles. The number of rotatable bonds is 5. The van der Waals surface area contributed by atoms with Gasteiger partial charge >= 0.3 is 0 Å². The molecular weight excluding hydrogens is 471 g/mol. The summed E-state index contributed by atoms with van der Waals surface area (Å²) in [5.41, 5.74) is 2.78. The first-order valence-electron chi connectivity index (χ1n) is 9.85. The molecule has 4 rings (SSSR count). The number of carbonyl (C=O) groups excluding carboxylic acids is 1. The Bertz CT molecular complexity index is 1390. The number of hydrogen-bond donors (Lipinski definition) is 0. The van der Waals surface area contributed by atoms with Crippen molar-refractivity contribution in [1.82, 2.24) is 4.57 Å². The van der Waals surface area contributed by atoms with Gasteiger partial charge in [-0.2, -0.15) is 5.26 Å². The highest BCUT2D eigenvalue weighted by molar-refractivity contribution is 9.10. The topological polar surface area (TPSA) is 58.9 Å². The molecule has 0 N–H and O–H groups in total. The number of allylic oxidation sites excluding steroid dienone is 1. The molecule has 0 aliphatic rings. The van der Waals surface area contributed by atoms with Crippen molar-refractivity contribution < 1.29 is 13.6 Å². The van der Waals surface area contributed by atoms with Gasteiger partial charge in [0.15, 0.2) is 0 Å². The van der Waals surface area contributed by atoms with Crippen LogP contribution in [-0.2, 0) is 0 Å². The lowest BCUT2D eigenvalue weighted by molar-refractivity contribution is 0.103. The Morgan fingerprint density at radius 3 is 2.50 bits per heavy atom. The van der Waals surface area contributed by atoms with E-state index in [-0.39, 0.29) is 11.4 Å². The number of nitrogens with zero attached hydrogens (tertiary/aromatic N) is 2. The van der Waals surface area contributed by atoms with Gasteiger partial charge in [0.05, 0.1) is 5.69 Å². The van der Waals surface area contributed by atoms with Crippen LogP contribution in [0.3, 0.4) is 0 Å². The second-order valence-corrected chi connectivity index (χ2v) is 8.20. The molecule has 4 nitrogen and oxygen atoms in total. The molecule has 32 heavy (non-hydrogen) atoms. The number of aromatic nitrogens is 1. The van der Waals surface area contributed by atoms with Crippen LogP contribution in [0.15, 0.2) is 81.2 Å². The first kappa shape index (κ1) is 21.5. The smallest absolute Gasteiger partial charge is 0.205 e. The van der Waals surface area contributed by atoms with E-state index >= 15 is 0 Å². The molecule has 0 radical (unpaired) electrons. The Labute approximate surface area is 193 Å². The predicted molar refractivity (Wildman–Crippen MR) is 125 cm³/mol. The lowest BCUT2D eigenvalue weighted by Crippen LogP contribution is -2.06. The van der Waals surface area contributed by atoms with Crippen molar-refractivity contribution in [3.05, 3.63) is 105 Å². The monoisotopic (exact) mass is 488 g/mol. The Hall–Kier alpha value is -3.69. The predicted octanol–water partition coefficient (Wildman–Crippen LogP) is 7.05. The van der Waals surface area contributed by atoms with E-state index in [9.17, 15) is 14.4 Å². The van der Waals surface area contributed by atoms with Crippen LogP contribution in [0.5, 0.6) is 0 Å². The molecule has 0 bridgehead atoms. The van der Waals surface area contributed by atoms with Crippen LogP contribution in [-0.4, -0.2) is 10.4 Å². The van der Waals surface area contributed by atoms with Gasteiger partial charge in [-0.25, -0.2) is 4.39 Å². The summed E-state index contributed by atoms with van der Waals surface area (Å²) in [7, 11) is 0. The first-order chi connectivity index (χ1) is 15.4. The van der Waals surface area contributed by atoms with E-state index in [0.717, 1.165) is 10.0 Å². The number of Topliss-reactive ketones (excluding diaryl/α,β-unsaturated/α-hetero) is 1. The number of aryl methyl sites for hydroxylation is 1. The highest BCUT2D eigenvalue weighted by atomic mass is 79.9. The molecule has 0 spiro atoms. The lowest BCUT2D eigenvalue weighted by Gasteiger charge is -2.10. The minimum absolute atomic E-state index is 0.0597. The van der Waals surface area contributed by atoms with E-state index in [1.165, 1.54) is 12.1 Å². The number of hydrogen-bond acceptors (Lipinski definition) is 3. The molecule has 0 saturated carbocycles. The molecule has 0 amide bonds. The molecule has 6 heteroatoms. The maximum atomic E-state index is 14.3. The van der Waals surface area contributed by atoms with Gasteiger partial charge in [-0.1, -0.05) is 40.2 Å². The van der Waals surface area contributed by atoms with Gasteiger partial charge in [0.1, 0.15) is 29.0 Å². The fourth-order valence-electron chi connectivity index (χ4n) is 3.63. The molecule has 0 unspecified atom stereocenters. The van der Waals surface area contributed by atoms with Gasteiger partial charge in [-0.05, 0) is 56.3 Å². The zero-order valence-corrected chi connectivity index (χ0v) is 19.0. The summed E-state index contributed by atoms with van der Waals surface area (Å²) in [4.78, 5) is 13.2. The summed E-state index contributed by atoms with van der Waals surface area (Å²) in [5.74, 6) is 0.201. The fourth-order valence-corrected chi connectivity index (χ4v) is 3.90. The van der Waals surface area contributed by atoms with Crippen LogP contribution in [0.1, 0.15) is 27.5 Å². The molecule has 0 aliphatic heterocycles. The van der Waals surface area contributed by atoms with E-state index in [0.29, 0.717) is 34.2 Å². The van der Waals surface area contributed by atoms with Crippen LogP contribution in [0.25, 0.3) is 23.1 Å². The molecule has 0 fully saturated rings. The van der Waals surface area contributed by atoms with E-state index in [2.05, 4.69) is 15.9 Å². The maximum absolute atomic E-state index is 14.3. The summed E-state index contributed by atoms with van der Waals surface area (Å²) in [6.07, 6.45) is 1.43. The first-order valence-corrected chi connectivity index (χ1v) is 10.6. The Morgan fingerprint density at radius 2 is 1.81 bits per heavy atom. The Morgan fingerprint density at radius 1 is 1.09 bits per heavy atom. The minimum Gasteiger partial charge on any atom is -0.457 e. The van der Waals surface area contributed by atoms with E-state index in [4.69, 9.17) is 4.42 Å². The number of halogens is 2. The maximum Gasteiger partial charge on any atom is 0.205 e. The average Bonchev–Trinajstić information content (AvgIpc) is 3.37. The SMILES string of the molecule is Cc1cc(C(=O)/C(C#N)=C/c2ccc(-c3ccc(Br)cc3)o2)c(C)n1-c1ccccc1F. The number of benzene rings is 2. The van der Waals surface area contributed by atoms with Crippen molar-refractivity contribution in [3.63, 3.8) is 0 Å². The number of carbonyl (C=O) groups is 1. The number of furan rings is 1. The number of para-hydroxylation sites is 1. The summed E-state index contributed by atoms with van der Waals surface area (Å²) < 4.78 is 22.8. The van der Waals surface area contributed by atoms with Crippen LogP contribution in [0, 0.1) is 31.0 Å². The Kier molecular flexibility index (Phi) is 5.93. The van der Waals surface area contributed by atoms with Crippen LogP contribution >= 0.6 is 15.9 Å². The van der Waals surface area contributed by atoms with E-state index in [1.807, 2.05) is 30.3 Å². The minimum atomic E-state index is -0.440. The zero-order chi connectivity index (χ0) is 22.8. The van der Waals surface area contributed by atoms with Gasteiger partial charge in [-0.15, -0.1) is 0 Å². The number of nitriles is 1. The van der Waals surface area contributed by atoms with Gasteiger partial charge in [0.25, 0.3) is 0 Å². The third-order valence-corrected chi connectivity index (χ3v) is 5.70. The summed E-state index contributed by atoms with van der Waals surface area (Å²) in [5, 5.41) is 9.65. The molecule has 2 aromatic carbocycles. The summed E-state index contributed by atoms with van der Waals surface area (Å²) in [6.45, 7) is 3.53. The molecule has 158 valence electrons. The highest BCUT2D eigenvalue weighted by Crippen LogP contribution is 2.27. The van der Waals surface area contributed by atoms with Gasteiger partial charge in [-0.3, -0.25) is 4.79 Å². The second kappa shape index (κ2) is 8.81. The van der Waals surface area contributed by atoms with Crippen molar-refractivity contribution in [2.75, 3.05) is 0 Å². The molecule has 0 atom stereocenters. The van der Waals surface area contributed by atoms with Crippen molar-refractivity contribution in [1.29, 1.82) is 5.26 Å². The molecule has 2 aromatic heterocycles. The highest BCUT2D eigenvalue weighted by Gasteiger charge is 2.21. The molecule has 4 aromatic rings. The quantitative estimate of drug-likeness (QED) is 0.172. The zero-order valence-electron chi connectivity index (χ0n) is 17.4. The lowest BCUT2D eigenvalue weighted by atomic mass is 10.0. The normalized spacial score (nSPS) is 11.4. The van der Waals surface area contributed by atoms with Crippen molar-refractivity contribution in [3.8, 4) is 23.1 Å². The summed E-state index contributed by atoms with van der Waals surface area (Å²) >= 11 is 3.40. The largest absolute Gasteiger partial charge is 0.457 e. The van der Waals surface area contributed by atoms with E-state index in [1.54, 1.807) is 54.8 Å². The second-order valence-electron chi connectivity index (χ2n) is 7.28. The van der Waals surface area contributed by atoms with Gasteiger partial charge in [0.2, 0.25) is 5.78 Å². The number of ketones is 1. The third kappa shape index (κ3) is 4.08. The average molecular weight is 489 g/mol. The van der Waals surface area contributed by atoms with Crippen molar-refractivity contribution in [2.45, 2.75) is 13.8 Å². The molecular formula is C26H18BrFN2O2. The van der Waals surface area contributed by atoms with Crippen molar-refractivity contribution >= 4 is 27.8 Å². The Balaban J connectivity index is 1.68. The molecule has 0 aliphatic carbocycles. The fraction of sp³-hybridized carbons (Fsp3) is 0.0769. The van der Waals surface area contributed by atoms with Crippen molar-refractivity contribution in [2.24, 2.45) is 0 Å². The third-order valence-electron chi connectivity index (χ3n) is 5.18. The van der Waals surface area contributed by atoms with Gasteiger partial charge in [0, 0.05) is 33.1 Å². The van der Waals surface area contributed by atoms with Crippen LogP contribution in [0.2, 0.25) is 0 Å². The van der Waals surface area contributed by atoms with Gasteiger partial charge < -0.3 is 8.98 Å². The summed E-state index contributed by atoms with van der Waals surface area (Å²) in [6, 6.07) is 21.1. The molecule has 2 heterocycles. The van der Waals surface area contributed by atoms with Crippen LogP contribution in [0.4, 0.5) is 4.39 Å². The van der Waals surface area contributed by atoms with Crippen LogP contribution < -0.4 is 0 Å². The van der Waals surface area contributed by atoms with E-state index < -0.39 is 5.78 Å².